The van der Waals surface area contributed by atoms with Crippen LogP contribution in [-0.2, 0) is 9.47 Å². The van der Waals surface area contributed by atoms with Gasteiger partial charge in [0.2, 0.25) is 0 Å². The zero-order valence-electron chi connectivity index (χ0n) is 9.12. The Labute approximate surface area is 102 Å². The summed E-state index contributed by atoms with van der Waals surface area (Å²) in [5.74, 6) is -1.53. The summed E-state index contributed by atoms with van der Waals surface area (Å²) in [5.41, 5.74) is 0.0494. The average molecular weight is 245 g/mol. The lowest BCUT2D eigenvalue weighted by Crippen LogP contribution is -2.10. The summed E-state index contributed by atoms with van der Waals surface area (Å²) < 4.78 is 9.10. The van der Waals surface area contributed by atoms with Gasteiger partial charge in [0.1, 0.15) is 12.1 Å². The molecule has 0 bridgehead atoms. The molecule has 90 valence electrons. The topological polar surface area (TPSA) is 113 Å². The highest BCUT2D eigenvalue weighted by molar-refractivity contribution is 5.94. The Balaban J connectivity index is 2.80. The molecule has 0 unspecified atom stereocenters. The Bertz CT molecular complexity index is 497. The van der Waals surface area contributed by atoms with Crippen LogP contribution in [0.25, 0.3) is 0 Å². The average Bonchev–Trinajstić information content (AvgIpc) is 2.42. The van der Waals surface area contributed by atoms with Gasteiger partial charge in [-0.2, -0.15) is 10.5 Å². The highest BCUT2D eigenvalue weighted by Gasteiger charge is 2.13. The van der Waals surface area contributed by atoms with Crippen molar-refractivity contribution in [2.75, 3.05) is 13.2 Å². The summed E-state index contributed by atoms with van der Waals surface area (Å²) in [6, 6.07) is 4.50. The second kappa shape index (κ2) is 6.61. The molecule has 1 rings (SSSR count). The van der Waals surface area contributed by atoms with Crippen LogP contribution in [0.5, 0.6) is 0 Å². The first kappa shape index (κ1) is 13.1. The zero-order chi connectivity index (χ0) is 13.4. The van der Waals surface area contributed by atoms with Gasteiger partial charge in [0, 0.05) is 12.4 Å². The van der Waals surface area contributed by atoms with Crippen molar-refractivity contribution in [3.05, 3.63) is 29.6 Å². The van der Waals surface area contributed by atoms with Gasteiger partial charge in [-0.15, -0.1) is 0 Å². The molecule has 0 atom stereocenters. The first-order chi connectivity index (χ1) is 8.69. The molecule has 0 aromatic carbocycles. The van der Waals surface area contributed by atoms with Crippen LogP contribution in [0.15, 0.2) is 18.5 Å². The van der Waals surface area contributed by atoms with Gasteiger partial charge in [-0.05, 0) is 6.07 Å². The number of aromatic nitrogens is 1. The summed E-state index contributed by atoms with van der Waals surface area (Å²) in [6.45, 7) is -0.774. The van der Waals surface area contributed by atoms with Crippen molar-refractivity contribution >= 4 is 11.9 Å². The Morgan fingerprint density at radius 1 is 1.06 bits per heavy atom. The fourth-order valence-corrected chi connectivity index (χ4v) is 1.03. The molecular weight excluding hydrogens is 238 g/mol. The van der Waals surface area contributed by atoms with Crippen LogP contribution in [0, 0.1) is 22.7 Å². The number of pyridine rings is 1. The molecule has 0 aliphatic heterocycles. The maximum atomic E-state index is 11.4. The number of esters is 2. The number of ether oxygens (including phenoxy) is 2. The van der Waals surface area contributed by atoms with E-state index in [4.69, 9.17) is 10.5 Å². The van der Waals surface area contributed by atoms with E-state index in [-0.39, 0.29) is 24.3 Å². The van der Waals surface area contributed by atoms with E-state index in [1.54, 1.807) is 12.1 Å². The van der Waals surface area contributed by atoms with Gasteiger partial charge >= 0.3 is 11.9 Å². The highest BCUT2D eigenvalue weighted by atomic mass is 16.5. The van der Waals surface area contributed by atoms with Gasteiger partial charge in [-0.1, -0.05) is 0 Å². The van der Waals surface area contributed by atoms with Crippen molar-refractivity contribution in [3.8, 4) is 12.1 Å². The summed E-state index contributed by atoms with van der Waals surface area (Å²) in [6.07, 6.45) is 2.39. The molecule has 0 fully saturated rings. The minimum Gasteiger partial charge on any atom is -0.447 e. The van der Waals surface area contributed by atoms with Gasteiger partial charge in [-0.3, -0.25) is 4.98 Å². The Kier molecular flexibility index (Phi) is 4.82. The second-order valence-electron chi connectivity index (χ2n) is 2.93. The van der Waals surface area contributed by atoms with Crippen LogP contribution in [0.1, 0.15) is 20.7 Å². The van der Waals surface area contributed by atoms with Crippen LogP contribution >= 0.6 is 0 Å². The van der Waals surface area contributed by atoms with E-state index >= 15 is 0 Å². The molecule has 0 saturated carbocycles. The zero-order valence-corrected chi connectivity index (χ0v) is 9.12. The van der Waals surface area contributed by atoms with Crippen molar-refractivity contribution in [1.82, 2.24) is 4.98 Å². The van der Waals surface area contributed by atoms with Crippen LogP contribution in [-0.4, -0.2) is 30.1 Å². The van der Waals surface area contributed by atoms with Crippen molar-refractivity contribution in [2.45, 2.75) is 0 Å². The van der Waals surface area contributed by atoms with Crippen molar-refractivity contribution in [3.63, 3.8) is 0 Å². The van der Waals surface area contributed by atoms with Crippen LogP contribution < -0.4 is 0 Å². The summed E-state index contributed by atoms with van der Waals surface area (Å²) >= 11 is 0. The quantitative estimate of drug-likeness (QED) is 0.707. The molecule has 7 heteroatoms. The number of hydrogen-bond acceptors (Lipinski definition) is 7. The summed E-state index contributed by atoms with van der Waals surface area (Å²) in [7, 11) is 0. The first-order valence-electron chi connectivity index (χ1n) is 4.72. The van der Waals surface area contributed by atoms with E-state index in [9.17, 15) is 9.59 Å². The van der Waals surface area contributed by atoms with E-state index in [2.05, 4.69) is 14.5 Å². The molecule has 7 nitrogen and oxygen atoms in total. The highest BCUT2D eigenvalue weighted by Crippen LogP contribution is 2.06. The Hall–Kier alpha value is -2.93. The normalized spacial score (nSPS) is 8.78. The van der Waals surface area contributed by atoms with Gasteiger partial charge in [0.25, 0.3) is 0 Å². The van der Waals surface area contributed by atoms with Crippen molar-refractivity contribution in [2.24, 2.45) is 0 Å². The molecule has 1 heterocycles. The van der Waals surface area contributed by atoms with Crippen molar-refractivity contribution in [1.29, 1.82) is 10.5 Å². The summed E-state index contributed by atoms with van der Waals surface area (Å²) in [5, 5.41) is 16.5. The third-order valence-corrected chi connectivity index (χ3v) is 1.75. The predicted molar refractivity (Wildman–Crippen MR) is 56.0 cm³/mol. The maximum Gasteiger partial charge on any atom is 0.340 e. The number of hydrogen-bond donors (Lipinski definition) is 0. The second-order valence-corrected chi connectivity index (χ2v) is 2.93. The monoisotopic (exact) mass is 245 g/mol. The lowest BCUT2D eigenvalue weighted by Gasteiger charge is -2.03. The third-order valence-electron chi connectivity index (χ3n) is 1.75. The smallest absolute Gasteiger partial charge is 0.340 e. The summed E-state index contributed by atoms with van der Waals surface area (Å²) in [4.78, 5) is 26.4. The van der Waals surface area contributed by atoms with Gasteiger partial charge in [0.15, 0.2) is 13.2 Å². The molecule has 18 heavy (non-hydrogen) atoms. The van der Waals surface area contributed by atoms with Gasteiger partial charge in [-0.25, -0.2) is 9.59 Å². The number of nitrogens with zero attached hydrogens (tertiary/aromatic N) is 3. The predicted octanol–water partition coefficient (Wildman–Crippen LogP) is 0.442. The number of nitriles is 2. The minimum absolute atomic E-state index is 0.0247. The number of rotatable bonds is 4. The Morgan fingerprint density at radius 3 is 1.89 bits per heavy atom. The van der Waals surface area contributed by atoms with Crippen LogP contribution in [0.4, 0.5) is 0 Å². The largest absolute Gasteiger partial charge is 0.447 e. The molecule has 0 amide bonds. The van der Waals surface area contributed by atoms with Crippen LogP contribution in [0.2, 0.25) is 0 Å². The molecule has 1 aromatic rings. The molecule has 0 aliphatic carbocycles. The minimum atomic E-state index is -0.765. The van der Waals surface area contributed by atoms with Gasteiger partial charge in [0.05, 0.1) is 11.1 Å². The lowest BCUT2D eigenvalue weighted by atomic mass is 10.2. The molecule has 1 aromatic heterocycles. The first-order valence-corrected chi connectivity index (χ1v) is 4.72. The number of carbonyl (C=O) groups is 2. The van der Waals surface area contributed by atoms with E-state index < -0.39 is 11.9 Å². The molecule has 0 spiro atoms. The molecule has 0 radical (unpaired) electrons. The molecular formula is C11H7N3O4. The third kappa shape index (κ3) is 3.58. The standard InChI is InChI=1S/C11H7N3O4/c12-1-3-17-10(15)8-5-9(7-14-6-8)11(16)18-4-2-13/h5-7H,3-4H2. The number of carbonyl (C=O) groups excluding carboxylic acids is 2. The molecule has 0 N–H and O–H groups in total. The fraction of sp³-hybridized carbons (Fsp3) is 0.182. The molecule has 0 aliphatic rings. The van der Waals surface area contributed by atoms with E-state index in [0.29, 0.717) is 0 Å². The lowest BCUT2D eigenvalue weighted by molar-refractivity contribution is 0.0552. The maximum absolute atomic E-state index is 11.4. The fourth-order valence-electron chi connectivity index (χ4n) is 1.03. The molecule has 0 saturated heterocycles. The van der Waals surface area contributed by atoms with E-state index in [1.165, 1.54) is 18.5 Å². The van der Waals surface area contributed by atoms with Crippen molar-refractivity contribution < 1.29 is 19.1 Å². The van der Waals surface area contributed by atoms with Crippen LogP contribution in [0.3, 0.4) is 0 Å². The van der Waals surface area contributed by atoms with Gasteiger partial charge < -0.3 is 9.47 Å². The SMILES string of the molecule is N#CCOC(=O)c1cncc(C(=O)OCC#N)c1. The van der Waals surface area contributed by atoms with E-state index in [1.807, 2.05) is 0 Å². The van der Waals surface area contributed by atoms with E-state index in [0.717, 1.165) is 0 Å². The Morgan fingerprint density at radius 2 is 1.50 bits per heavy atom.